The van der Waals surface area contributed by atoms with E-state index in [0.29, 0.717) is 13.0 Å². The number of ether oxygens (including phenoxy) is 1. The lowest BCUT2D eigenvalue weighted by Gasteiger charge is -2.05. The van der Waals surface area contributed by atoms with E-state index in [1.54, 1.807) is 18.4 Å². The molecule has 1 N–H and O–H groups in total. The maximum atomic E-state index is 11.8. The van der Waals surface area contributed by atoms with E-state index in [0.717, 1.165) is 22.7 Å². The zero-order chi connectivity index (χ0) is 14.4. The molecule has 1 heterocycles. The van der Waals surface area contributed by atoms with Gasteiger partial charge in [-0.3, -0.25) is 4.79 Å². The standard InChI is InChI=1S/C15H18N2O2S/c1-11-17-10-14(20-11)7-8-16-15(18)9-12-3-5-13(19-2)6-4-12/h3-6,10H,7-9H2,1-2H3,(H,16,18). The van der Waals surface area contributed by atoms with Gasteiger partial charge in [0.1, 0.15) is 5.75 Å². The summed E-state index contributed by atoms with van der Waals surface area (Å²) < 4.78 is 5.08. The largest absolute Gasteiger partial charge is 0.497 e. The summed E-state index contributed by atoms with van der Waals surface area (Å²) >= 11 is 1.67. The minimum absolute atomic E-state index is 0.0383. The SMILES string of the molecule is COc1ccc(CC(=O)NCCc2cnc(C)s2)cc1. The van der Waals surface area contributed by atoms with E-state index in [9.17, 15) is 4.79 Å². The lowest BCUT2D eigenvalue weighted by atomic mass is 10.1. The van der Waals surface area contributed by atoms with Gasteiger partial charge in [-0.25, -0.2) is 4.98 Å². The van der Waals surface area contributed by atoms with Crippen LogP contribution in [0.5, 0.6) is 5.75 Å². The molecule has 0 unspecified atom stereocenters. The molecule has 2 rings (SSSR count). The van der Waals surface area contributed by atoms with Crippen molar-refractivity contribution in [2.45, 2.75) is 19.8 Å². The minimum Gasteiger partial charge on any atom is -0.497 e. The highest BCUT2D eigenvalue weighted by atomic mass is 32.1. The Bertz CT molecular complexity index is 564. The fraction of sp³-hybridized carbons (Fsp3) is 0.333. The number of hydrogen-bond acceptors (Lipinski definition) is 4. The van der Waals surface area contributed by atoms with Gasteiger partial charge in [0, 0.05) is 24.0 Å². The Balaban J connectivity index is 1.74. The second-order valence-electron chi connectivity index (χ2n) is 4.47. The number of rotatable bonds is 6. The van der Waals surface area contributed by atoms with Crippen LogP contribution < -0.4 is 10.1 Å². The van der Waals surface area contributed by atoms with Crippen molar-refractivity contribution in [2.24, 2.45) is 0 Å². The molecule has 0 radical (unpaired) electrons. The van der Waals surface area contributed by atoms with Crippen molar-refractivity contribution >= 4 is 17.2 Å². The van der Waals surface area contributed by atoms with Crippen LogP contribution in [-0.2, 0) is 17.6 Å². The number of aryl methyl sites for hydroxylation is 1. The van der Waals surface area contributed by atoms with Crippen molar-refractivity contribution in [3.05, 3.63) is 45.9 Å². The highest BCUT2D eigenvalue weighted by Crippen LogP contribution is 2.12. The summed E-state index contributed by atoms with van der Waals surface area (Å²) in [7, 11) is 1.63. The predicted molar refractivity (Wildman–Crippen MR) is 80.3 cm³/mol. The highest BCUT2D eigenvalue weighted by molar-refractivity contribution is 7.11. The van der Waals surface area contributed by atoms with Crippen molar-refractivity contribution < 1.29 is 9.53 Å². The quantitative estimate of drug-likeness (QED) is 0.888. The highest BCUT2D eigenvalue weighted by Gasteiger charge is 2.04. The third-order valence-electron chi connectivity index (χ3n) is 2.89. The van der Waals surface area contributed by atoms with E-state index >= 15 is 0 Å². The number of carbonyl (C=O) groups is 1. The second kappa shape index (κ2) is 7.05. The van der Waals surface area contributed by atoms with Crippen molar-refractivity contribution in [2.75, 3.05) is 13.7 Å². The van der Waals surface area contributed by atoms with Crippen LogP contribution in [0.15, 0.2) is 30.5 Å². The molecule has 5 heteroatoms. The summed E-state index contributed by atoms with van der Waals surface area (Å²) in [4.78, 5) is 17.2. The first-order valence-electron chi connectivity index (χ1n) is 6.48. The van der Waals surface area contributed by atoms with Gasteiger partial charge in [0.05, 0.1) is 18.5 Å². The average molecular weight is 290 g/mol. The van der Waals surface area contributed by atoms with Crippen molar-refractivity contribution in [1.82, 2.24) is 10.3 Å². The Labute approximate surface area is 122 Å². The molecule has 1 amide bonds. The van der Waals surface area contributed by atoms with Gasteiger partial charge < -0.3 is 10.1 Å². The van der Waals surface area contributed by atoms with Gasteiger partial charge in [0.2, 0.25) is 5.91 Å². The van der Waals surface area contributed by atoms with Crippen molar-refractivity contribution in [3.63, 3.8) is 0 Å². The number of benzene rings is 1. The maximum Gasteiger partial charge on any atom is 0.224 e. The van der Waals surface area contributed by atoms with E-state index in [-0.39, 0.29) is 5.91 Å². The molecule has 0 aliphatic heterocycles. The molecular formula is C15H18N2O2S. The van der Waals surface area contributed by atoms with E-state index in [2.05, 4.69) is 10.3 Å². The lowest BCUT2D eigenvalue weighted by molar-refractivity contribution is -0.120. The van der Waals surface area contributed by atoms with Gasteiger partial charge in [-0.2, -0.15) is 0 Å². The molecule has 0 aliphatic carbocycles. The average Bonchev–Trinajstić information content (AvgIpc) is 2.85. The molecule has 20 heavy (non-hydrogen) atoms. The summed E-state index contributed by atoms with van der Waals surface area (Å²) in [5.74, 6) is 0.839. The number of nitrogens with zero attached hydrogens (tertiary/aromatic N) is 1. The van der Waals surface area contributed by atoms with E-state index in [1.807, 2.05) is 37.4 Å². The van der Waals surface area contributed by atoms with E-state index in [4.69, 9.17) is 4.74 Å². The molecule has 1 aromatic carbocycles. The zero-order valence-electron chi connectivity index (χ0n) is 11.7. The monoisotopic (exact) mass is 290 g/mol. The Hall–Kier alpha value is -1.88. The van der Waals surface area contributed by atoms with Crippen LogP contribution in [0, 0.1) is 6.92 Å². The summed E-state index contributed by atoms with van der Waals surface area (Å²) in [5.41, 5.74) is 0.983. The van der Waals surface area contributed by atoms with E-state index in [1.165, 1.54) is 4.88 Å². The molecule has 0 fully saturated rings. The van der Waals surface area contributed by atoms with Gasteiger partial charge in [-0.05, 0) is 24.6 Å². The van der Waals surface area contributed by atoms with Crippen LogP contribution in [0.2, 0.25) is 0 Å². The summed E-state index contributed by atoms with van der Waals surface area (Å²) in [6, 6.07) is 7.54. The Kier molecular flexibility index (Phi) is 5.12. The van der Waals surface area contributed by atoms with Crippen LogP contribution in [0.3, 0.4) is 0 Å². The number of amides is 1. The van der Waals surface area contributed by atoms with Crippen LogP contribution in [0.4, 0.5) is 0 Å². The molecule has 0 saturated heterocycles. The van der Waals surface area contributed by atoms with Gasteiger partial charge in [0.15, 0.2) is 0 Å². The molecule has 0 atom stereocenters. The molecule has 0 saturated carbocycles. The van der Waals surface area contributed by atoms with Gasteiger partial charge in [-0.15, -0.1) is 11.3 Å². The van der Waals surface area contributed by atoms with Gasteiger partial charge in [-0.1, -0.05) is 12.1 Å². The van der Waals surface area contributed by atoms with Crippen LogP contribution in [0.1, 0.15) is 15.4 Å². The second-order valence-corrected chi connectivity index (χ2v) is 5.79. The molecule has 106 valence electrons. The normalized spacial score (nSPS) is 10.3. The number of nitrogens with one attached hydrogen (secondary N) is 1. The third-order valence-corrected chi connectivity index (χ3v) is 3.86. The van der Waals surface area contributed by atoms with Gasteiger partial charge >= 0.3 is 0 Å². The van der Waals surface area contributed by atoms with Crippen LogP contribution >= 0.6 is 11.3 Å². The first kappa shape index (κ1) is 14.5. The Morgan fingerprint density at radius 1 is 1.35 bits per heavy atom. The Morgan fingerprint density at radius 3 is 2.70 bits per heavy atom. The molecular weight excluding hydrogens is 272 g/mol. The fourth-order valence-electron chi connectivity index (χ4n) is 1.84. The smallest absolute Gasteiger partial charge is 0.224 e. The lowest BCUT2D eigenvalue weighted by Crippen LogP contribution is -2.27. The number of methoxy groups -OCH3 is 1. The van der Waals surface area contributed by atoms with Crippen molar-refractivity contribution in [3.8, 4) is 5.75 Å². The zero-order valence-corrected chi connectivity index (χ0v) is 12.5. The summed E-state index contributed by atoms with van der Waals surface area (Å²) in [6.45, 7) is 2.63. The van der Waals surface area contributed by atoms with E-state index < -0.39 is 0 Å². The predicted octanol–water partition coefficient (Wildman–Crippen LogP) is 2.36. The summed E-state index contributed by atoms with van der Waals surface area (Å²) in [6.07, 6.45) is 3.10. The molecule has 2 aromatic rings. The topological polar surface area (TPSA) is 51.2 Å². The van der Waals surface area contributed by atoms with Crippen LogP contribution in [-0.4, -0.2) is 24.5 Å². The fourth-order valence-corrected chi connectivity index (χ4v) is 2.63. The number of thiazole rings is 1. The summed E-state index contributed by atoms with van der Waals surface area (Å²) in [5, 5.41) is 3.99. The minimum atomic E-state index is 0.0383. The van der Waals surface area contributed by atoms with Crippen LogP contribution in [0.25, 0.3) is 0 Å². The Morgan fingerprint density at radius 2 is 2.10 bits per heavy atom. The first-order valence-corrected chi connectivity index (χ1v) is 7.30. The molecule has 0 spiro atoms. The molecule has 0 aliphatic rings. The number of aromatic nitrogens is 1. The first-order chi connectivity index (χ1) is 9.67. The number of carbonyl (C=O) groups excluding carboxylic acids is 1. The van der Waals surface area contributed by atoms with Crippen molar-refractivity contribution in [1.29, 1.82) is 0 Å². The molecule has 0 bridgehead atoms. The molecule has 4 nitrogen and oxygen atoms in total. The third kappa shape index (κ3) is 4.35. The maximum absolute atomic E-state index is 11.8. The molecule has 1 aromatic heterocycles. The number of hydrogen-bond donors (Lipinski definition) is 1. The van der Waals surface area contributed by atoms with Gasteiger partial charge in [0.25, 0.3) is 0 Å².